The number of ether oxygens (including phenoxy) is 3. The number of hydrogen-bond donors (Lipinski definition) is 6. The number of aliphatic hydroxyl groups is 1. The van der Waals surface area contributed by atoms with Gasteiger partial charge in [0.25, 0.3) is 5.56 Å². The standard InChI is InChI=1S/C49H63N9O11/c1-9-32-33-22-31(17-18-37(33)54-41-34(32)24-58-39(41)23-36-35(44(58)61)26-67-45(62)49(36,66)10-2)69-48(65)57(8)21-20-56(7)47(64)68-25-29-13-15-30(16-14-29)53-42(59)38(12-11-19-51-46(50)63)55-43(60)40(27(3)4)52-28(5)6/h13-18,22-23,27-28,38,40,52,66H,9-12,19-21,24-26H2,1-8H3,(H,53,59)(H,55,60)(H3,50,51,63)/t38-,40-,49-/m0/s1. The Labute approximate surface area is 400 Å². The Morgan fingerprint density at radius 1 is 0.942 bits per heavy atom. The van der Waals surface area contributed by atoms with E-state index >= 15 is 0 Å². The molecule has 2 aromatic carbocycles. The van der Waals surface area contributed by atoms with Crippen molar-refractivity contribution in [2.75, 3.05) is 39.0 Å². The maximum Gasteiger partial charge on any atom is 0.415 e. The van der Waals surface area contributed by atoms with E-state index in [0.717, 1.165) is 16.5 Å². The van der Waals surface area contributed by atoms with Crippen LogP contribution in [0.2, 0.25) is 0 Å². The molecule has 0 radical (unpaired) electrons. The first kappa shape index (κ1) is 51.3. The van der Waals surface area contributed by atoms with Gasteiger partial charge in [0, 0.05) is 62.0 Å². The molecule has 0 bridgehead atoms. The number of fused-ring (bicyclic) bond motifs is 5. The van der Waals surface area contributed by atoms with E-state index in [2.05, 4.69) is 21.3 Å². The Morgan fingerprint density at radius 3 is 2.28 bits per heavy atom. The van der Waals surface area contributed by atoms with Crippen molar-refractivity contribution >= 4 is 52.6 Å². The minimum absolute atomic E-state index is 0.0370. The summed E-state index contributed by atoms with van der Waals surface area (Å²) in [5, 5.41) is 23.4. The second-order valence-corrected chi connectivity index (χ2v) is 18.0. The van der Waals surface area contributed by atoms with Crippen LogP contribution in [0.25, 0.3) is 22.3 Å². The van der Waals surface area contributed by atoms with Gasteiger partial charge in [-0.1, -0.05) is 53.7 Å². The van der Waals surface area contributed by atoms with Gasteiger partial charge in [0.05, 0.1) is 35.1 Å². The summed E-state index contributed by atoms with van der Waals surface area (Å²) in [5.41, 5.74) is 7.89. The Balaban J connectivity index is 1.01. The van der Waals surface area contributed by atoms with Crippen LogP contribution in [0.3, 0.4) is 0 Å². The van der Waals surface area contributed by atoms with Crippen LogP contribution in [-0.4, -0.2) is 112 Å². The van der Waals surface area contributed by atoms with Crippen molar-refractivity contribution in [3.63, 3.8) is 0 Å². The first-order valence-electron chi connectivity index (χ1n) is 23.2. The maximum absolute atomic E-state index is 13.7. The van der Waals surface area contributed by atoms with Gasteiger partial charge in [-0.25, -0.2) is 24.2 Å². The summed E-state index contributed by atoms with van der Waals surface area (Å²) in [6.45, 7) is 11.8. The van der Waals surface area contributed by atoms with E-state index in [1.165, 1.54) is 9.80 Å². The highest BCUT2D eigenvalue weighted by molar-refractivity contribution is 5.98. The van der Waals surface area contributed by atoms with Gasteiger partial charge < -0.3 is 60.7 Å². The molecular formula is C49H63N9O11. The normalized spacial score (nSPS) is 15.6. The molecular weight excluding hydrogens is 891 g/mol. The van der Waals surface area contributed by atoms with Gasteiger partial charge in [-0.2, -0.15) is 0 Å². The van der Waals surface area contributed by atoms with Crippen molar-refractivity contribution in [2.24, 2.45) is 11.7 Å². The van der Waals surface area contributed by atoms with E-state index in [1.807, 2.05) is 34.6 Å². The smallest absolute Gasteiger partial charge is 0.415 e. The first-order chi connectivity index (χ1) is 32.8. The van der Waals surface area contributed by atoms with Crippen LogP contribution in [0.15, 0.2) is 53.3 Å². The van der Waals surface area contributed by atoms with Crippen LogP contribution in [0, 0.1) is 5.92 Å². The summed E-state index contributed by atoms with van der Waals surface area (Å²) < 4.78 is 18.0. The van der Waals surface area contributed by atoms with Crippen LogP contribution < -0.4 is 37.3 Å². The Hall–Kier alpha value is -7.06. The number of cyclic esters (lactones) is 1. The molecule has 2 aromatic heterocycles. The number of nitrogens with zero attached hydrogens (tertiary/aromatic N) is 4. The molecule has 0 saturated heterocycles. The molecule has 0 saturated carbocycles. The topological polar surface area (TPSA) is 266 Å². The second-order valence-electron chi connectivity index (χ2n) is 18.0. The average molecular weight is 954 g/mol. The van der Waals surface area contributed by atoms with E-state index in [-0.39, 0.29) is 92.5 Å². The van der Waals surface area contributed by atoms with Crippen LogP contribution in [0.5, 0.6) is 5.75 Å². The maximum atomic E-state index is 13.7. The molecule has 6 rings (SSSR count). The predicted octanol–water partition coefficient (Wildman–Crippen LogP) is 4.24. The molecule has 4 aromatic rings. The van der Waals surface area contributed by atoms with Gasteiger partial charge in [0.2, 0.25) is 11.8 Å². The number of pyridine rings is 2. The Bertz CT molecular complexity index is 2670. The molecule has 0 unspecified atom stereocenters. The molecule has 370 valence electrons. The summed E-state index contributed by atoms with van der Waals surface area (Å²) in [5.74, 6) is -1.31. The van der Waals surface area contributed by atoms with Crippen molar-refractivity contribution in [1.82, 2.24) is 35.3 Å². The van der Waals surface area contributed by atoms with Crippen LogP contribution in [0.4, 0.5) is 20.1 Å². The minimum Gasteiger partial charge on any atom is -0.458 e. The van der Waals surface area contributed by atoms with Gasteiger partial charge in [-0.3, -0.25) is 14.4 Å². The molecule has 6 amide bonds. The van der Waals surface area contributed by atoms with Gasteiger partial charge in [0.15, 0.2) is 5.60 Å². The zero-order valence-corrected chi connectivity index (χ0v) is 40.4. The molecule has 0 aliphatic carbocycles. The van der Waals surface area contributed by atoms with E-state index in [9.17, 15) is 38.7 Å². The molecule has 4 heterocycles. The van der Waals surface area contributed by atoms with Gasteiger partial charge in [-0.15, -0.1) is 0 Å². The largest absolute Gasteiger partial charge is 0.458 e. The number of primary amides is 1. The fraction of sp³-hybridized carbons (Fsp3) is 0.469. The van der Waals surface area contributed by atoms with Crippen molar-refractivity contribution in [3.05, 3.63) is 86.7 Å². The van der Waals surface area contributed by atoms with E-state index in [4.69, 9.17) is 24.9 Å². The summed E-state index contributed by atoms with van der Waals surface area (Å²) >= 11 is 0. The second kappa shape index (κ2) is 21.9. The molecule has 0 spiro atoms. The van der Waals surface area contributed by atoms with Gasteiger partial charge in [0.1, 0.15) is 25.0 Å². The molecule has 0 fully saturated rings. The number of carbonyl (C=O) groups excluding carboxylic acids is 6. The summed E-state index contributed by atoms with van der Waals surface area (Å²) in [6.07, 6.45) is -0.0363. The summed E-state index contributed by atoms with van der Waals surface area (Å²) in [6, 6.07) is 11.4. The van der Waals surface area contributed by atoms with E-state index < -0.39 is 47.8 Å². The number of urea groups is 1. The van der Waals surface area contributed by atoms with Gasteiger partial charge in [-0.05, 0) is 79.1 Å². The molecule has 2 aliphatic heterocycles. The fourth-order valence-corrected chi connectivity index (χ4v) is 8.42. The van der Waals surface area contributed by atoms with Crippen LogP contribution >= 0.6 is 0 Å². The van der Waals surface area contributed by atoms with Crippen molar-refractivity contribution < 1.29 is 48.1 Å². The zero-order valence-electron chi connectivity index (χ0n) is 40.4. The Morgan fingerprint density at radius 2 is 1.64 bits per heavy atom. The number of nitrogens with two attached hydrogens (primary N) is 1. The number of hydrogen-bond acceptors (Lipinski definition) is 13. The van der Waals surface area contributed by atoms with Crippen LogP contribution in [-0.2, 0) is 55.6 Å². The number of esters is 1. The number of likely N-dealkylation sites (N-methyl/N-ethyl adjacent to an activating group) is 2. The summed E-state index contributed by atoms with van der Waals surface area (Å²) in [7, 11) is 3.09. The molecule has 20 heteroatoms. The van der Waals surface area contributed by atoms with Crippen molar-refractivity contribution in [3.8, 4) is 17.1 Å². The third kappa shape index (κ3) is 11.6. The average Bonchev–Trinajstić information content (AvgIpc) is 3.68. The van der Waals surface area contributed by atoms with Crippen molar-refractivity contribution in [1.29, 1.82) is 0 Å². The first-order valence-corrected chi connectivity index (χ1v) is 23.2. The lowest BCUT2D eigenvalue weighted by Crippen LogP contribution is -2.54. The van der Waals surface area contributed by atoms with Gasteiger partial charge >= 0.3 is 24.2 Å². The quantitative estimate of drug-likeness (QED) is 0.0501. The predicted molar refractivity (Wildman–Crippen MR) is 256 cm³/mol. The zero-order chi connectivity index (χ0) is 50.3. The van der Waals surface area contributed by atoms with E-state index in [1.54, 1.807) is 74.1 Å². The molecule has 2 aliphatic rings. The molecule has 69 heavy (non-hydrogen) atoms. The minimum atomic E-state index is -1.94. The number of anilines is 1. The third-order valence-corrected chi connectivity index (χ3v) is 12.4. The number of nitrogens with one attached hydrogen (secondary N) is 4. The third-order valence-electron chi connectivity index (χ3n) is 12.4. The number of amides is 6. The number of carbonyl (C=O) groups is 6. The highest BCUT2D eigenvalue weighted by Gasteiger charge is 2.45. The number of aryl methyl sites for hydroxylation is 1. The monoisotopic (exact) mass is 953 g/mol. The lowest BCUT2D eigenvalue weighted by molar-refractivity contribution is -0.172. The van der Waals surface area contributed by atoms with Crippen LogP contribution in [0.1, 0.15) is 88.6 Å². The number of rotatable bonds is 19. The van der Waals surface area contributed by atoms with E-state index in [0.29, 0.717) is 41.0 Å². The fourth-order valence-electron chi connectivity index (χ4n) is 8.42. The molecule has 20 nitrogen and oxygen atoms in total. The van der Waals surface area contributed by atoms with Crippen molar-refractivity contribution in [2.45, 2.75) is 111 Å². The molecule has 7 N–H and O–H groups in total. The number of benzene rings is 2. The highest BCUT2D eigenvalue weighted by atomic mass is 16.6. The highest BCUT2D eigenvalue weighted by Crippen LogP contribution is 2.41. The molecule has 3 atom stereocenters. The summed E-state index contributed by atoms with van der Waals surface area (Å²) in [4.78, 5) is 97.9. The Kier molecular flexibility index (Phi) is 16.3. The lowest BCUT2D eigenvalue weighted by atomic mass is 9.86. The lowest BCUT2D eigenvalue weighted by Gasteiger charge is -2.31. The number of aromatic nitrogens is 2. The SMILES string of the molecule is CCc1c2c(nc3ccc(OC(=O)N(C)CCN(C)C(=O)OCc4ccc(NC(=O)[C@H](CCCNC(N)=O)NC(=O)[C@@H](NC(C)C)C(C)C)cc4)cc13)-c1cc3c(c(=O)n1C2)COC(=O)[C@]3(O)CC.